The average Bonchev–Trinajstić information content (AvgIpc) is 3.17. The summed E-state index contributed by atoms with van der Waals surface area (Å²) in [7, 11) is 0. The first-order valence-corrected chi connectivity index (χ1v) is 9.18. The fraction of sp³-hybridized carbons (Fsp3) is 0.353. The summed E-state index contributed by atoms with van der Waals surface area (Å²) in [6.07, 6.45) is 3.56. The Labute approximate surface area is 157 Å². The molecule has 0 bridgehead atoms. The van der Waals surface area contributed by atoms with E-state index in [9.17, 15) is 24.5 Å². The van der Waals surface area contributed by atoms with Crippen LogP contribution < -0.4 is 10.9 Å². The molecule has 1 N–H and O–H groups in total. The second-order valence-corrected chi connectivity index (χ2v) is 7.05. The number of fused-ring (bicyclic) bond motifs is 1. The first-order chi connectivity index (χ1) is 12.9. The minimum atomic E-state index is -0.642. The molecule has 2 aromatic heterocycles. The number of hydrogen-bond donors (Lipinski definition) is 1. The predicted octanol–water partition coefficient (Wildman–Crippen LogP) is 2.12. The number of hydrogen-bond acceptors (Lipinski definition) is 7. The Morgan fingerprint density at radius 3 is 2.85 bits per heavy atom. The van der Waals surface area contributed by atoms with Gasteiger partial charge < -0.3 is 10.1 Å². The zero-order valence-corrected chi connectivity index (χ0v) is 15.3. The summed E-state index contributed by atoms with van der Waals surface area (Å²) in [6.45, 7) is 1.53. The molecule has 0 aromatic carbocycles. The third-order valence-electron chi connectivity index (χ3n) is 4.15. The quantitative estimate of drug-likeness (QED) is 0.457. The van der Waals surface area contributed by atoms with Gasteiger partial charge >= 0.3 is 5.97 Å². The van der Waals surface area contributed by atoms with Gasteiger partial charge in [0.15, 0.2) is 0 Å². The highest BCUT2D eigenvalue weighted by Crippen LogP contribution is 2.39. The molecule has 0 saturated heterocycles. The van der Waals surface area contributed by atoms with Gasteiger partial charge in [-0.1, -0.05) is 0 Å². The number of amides is 1. The number of carbonyl (C=O) groups excluding carboxylic acids is 2. The Hall–Kier alpha value is -3.01. The van der Waals surface area contributed by atoms with Crippen LogP contribution in [0.15, 0.2) is 23.1 Å². The van der Waals surface area contributed by atoms with E-state index in [0.29, 0.717) is 10.6 Å². The molecular weight excluding hydrogens is 374 g/mol. The van der Waals surface area contributed by atoms with Gasteiger partial charge in [-0.25, -0.2) is 4.79 Å². The van der Waals surface area contributed by atoms with Crippen molar-refractivity contribution < 1.29 is 19.2 Å². The van der Waals surface area contributed by atoms with Crippen LogP contribution in [0.4, 0.5) is 10.7 Å². The van der Waals surface area contributed by atoms with Crippen molar-refractivity contribution in [2.45, 2.75) is 32.7 Å². The van der Waals surface area contributed by atoms with E-state index in [-0.39, 0.29) is 12.3 Å². The molecular formula is C17H17N3O6S. The highest BCUT2D eigenvalue weighted by molar-refractivity contribution is 7.17. The maximum atomic E-state index is 12.4. The van der Waals surface area contributed by atoms with E-state index in [1.807, 2.05) is 0 Å². The SMILES string of the molecule is CCOC(=O)c1c(NC(=O)Cn2cc([N+](=O)[O-])ccc2=O)sc2c1CCC2. The number of anilines is 1. The van der Waals surface area contributed by atoms with E-state index in [2.05, 4.69) is 5.32 Å². The number of thiophene rings is 1. The van der Waals surface area contributed by atoms with Crippen molar-refractivity contribution in [3.63, 3.8) is 0 Å². The number of aromatic nitrogens is 1. The van der Waals surface area contributed by atoms with Crippen molar-refractivity contribution in [3.8, 4) is 0 Å². The number of aryl methyl sites for hydroxylation is 1. The summed E-state index contributed by atoms with van der Waals surface area (Å²) < 4.78 is 6.06. The fourth-order valence-electron chi connectivity index (χ4n) is 2.98. The van der Waals surface area contributed by atoms with Crippen molar-refractivity contribution in [2.75, 3.05) is 11.9 Å². The summed E-state index contributed by atoms with van der Waals surface area (Å²) in [5.74, 6) is -1.04. The van der Waals surface area contributed by atoms with Gasteiger partial charge in [-0.05, 0) is 31.7 Å². The fourth-order valence-corrected chi connectivity index (χ4v) is 4.28. The van der Waals surface area contributed by atoms with Crippen LogP contribution in [0.3, 0.4) is 0 Å². The summed E-state index contributed by atoms with van der Waals surface area (Å²) in [5, 5.41) is 13.9. The normalized spacial score (nSPS) is 12.5. The lowest BCUT2D eigenvalue weighted by atomic mass is 10.1. The van der Waals surface area contributed by atoms with Crippen molar-refractivity contribution in [3.05, 3.63) is 54.8 Å². The number of carbonyl (C=O) groups is 2. The molecule has 0 spiro atoms. The Balaban J connectivity index is 1.83. The van der Waals surface area contributed by atoms with E-state index in [1.54, 1.807) is 6.92 Å². The van der Waals surface area contributed by atoms with Crippen LogP contribution in [-0.2, 0) is 28.9 Å². The molecule has 1 aliphatic rings. The number of ether oxygens (including phenoxy) is 1. The summed E-state index contributed by atoms with van der Waals surface area (Å²) in [6, 6.07) is 2.12. The molecule has 0 saturated carbocycles. The molecule has 9 nitrogen and oxygen atoms in total. The smallest absolute Gasteiger partial charge is 0.341 e. The third kappa shape index (κ3) is 3.90. The maximum Gasteiger partial charge on any atom is 0.341 e. The number of pyridine rings is 1. The van der Waals surface area contributed by atoms with Crippen LogP contribution in [0.25, 0.3) is 0 Å². The van der Waals surface area contributed by atoms with Crippen LogP contribution in [0.1, 0.15) is 34.1 Å². The van der Waals surface area contributed by atoms with Crippen molar-refractivity contribution in [1.29, 1.82) is 0 Å². The molecule has 0 aliphatic heterocycles. The monoisotopic (exact) mass is 391 g/mol. The first-order valence-electron chi connectivity index (χ1n) is 8.37. The standard InChI is InChI=1S/C17H17N3O6S/c1-2-26-17(23)15-11-4-3-5-12(11)27-16(15)18-13(21)9-19-8-10(20(24)25)6-7-14(19)22/h6-8H,2-5,9H2,1H3,(H,18,21). The highest BCUT2D eigenvalue weighted by Gasteiger charge is 2.28. The van der Waals surface area contributed by atoms with Crippen molar-refractivity contribution >= 4 is 33.9 Å². The van der Waals surface area contributed by atoms with Crippen LogP contribution in [0, 0.1) is 10.1 Å². The van der Waals surface area contributed by atoms with Gasteiger partial charge in [0, 0.05) is 17.0 Å². The second-order valence-electron chi connectivity index (χ2n) is 5.94. The number of rotatable bonds is 6. The Morgan fingerprint density at radius 1 is 1.37 bits per heavy atom. The summed E-state index contributed by atoms with van der Waals surface area (Å²) >= 11 is 1.33. The van der Waals surface area contributed by atoms with Crippen LogP contribution in [0.2, 0.25) is 0 Å². The van der Waals surface area contributed by atoms with Gasteiger partial charge in [-0.3, -0.25) is 24.3 Å². The lowest BCUT2D eigenvalue weighted by Gasteiger charge is -2.09. The maximum absolute atomic E-state index is 12.4. The van der Waals surface area contributed by atoms with Crippen LogP contribution >= 0.6 is 11.3 Å². The minimum absolute atomic E-state index is 0.222. The largest absolute Gasteiger partial charge is 0.462 e. The number of nitrogens with one attached hydrogen (secondary N) is 1. The van der Waals surface area contributed by atoms with E-state index in [1.165, 1.54) is 11.3 Å². The lowest BCUT2D eigenvalue weighted by molar-refractivity contribution is -0.385. The van der Waals surface area contributed by atoms with E-state index >= 15 is 0 Å². The number of nitrogens with zero attached hydrogens (tertiary/aromatic N) is 2. The van der Waals surface area contributed by atoms with E-state index in [0.717, 1.165) is 52.6 Å². The highest BCUT2D eigenvalue weighted by atomic mass is 32.1. The Bertz CT molecular complexity index is 978. The molecule has 142 valence electrons. The molecule has 2 aromatic rings. The zero-order chi connectivity index (χ0) is 19.6. The molecule has 0 unspecified atom stereocenters. The first kappa shape index (κ1) is 18.8. The Morgan fingerprint density at radius 2 is 2.15 bits per heavy atom. The van der Waals surface area contributed by atoms with Gasteiger partial charge in [0.05, 0.1) is 23.3 Å². The van der Waals surface area contributed by atoms with Gasteiger partial charge in [0.25, 0.3) is 11.2 Å². The predicted molar refractivity (Wildman–Crippen MR) is 98.3 cm³/mol. The van der Waals surface area contributed by atoms with Gasteiger partial charge in [0.2, 0.25) is 5.91 Å². The topological polar surface area (TPSA) is 121 Å². The van der Waals surface area contributed by atoms with Gasteiger partial charge in [-0.2, -0.15) is 0 Å². The number of esters is 1. The molecule has 1 aliphatic carbocycles. The molecule has 1 amide bonds. The molecule has 2 heterocycles. The molecule has 0 fully saturated rings. The van der Waals surface area contributed by atoms with E-state index in [4.69, 9.17) is 4.74 Å². The molecule has 0 radical (unpaired) electrons. The minimum Gasteiger partial charge on any atom is -0.462 e. The second kappa shape index (κ2) is 7.70. The molecule has 0 atom stereocenters. The van der Waals surface area contributed by atoms with Gasteiger partial charge in [-0.15, -0.1) is 11.3 Å². The molecule has 10 heteroatoms. The zero-order valence-electron chi connectivity index (χ0n) is 14.5. The summed E-state index contributed by atoms with van der Waals surface area (Å²) in [4.78, 5) is 47.8. The third-order valence-corrected chi connectivity index (χ3v) is 5.35. The van der Waals surface area contributed by atoms with Gasteiger partial charge in [0.1, 0.15) is 11.5 Å². The Kier molecular flexibility index (Phi) is 5.36. The van der Waals surface area contributed by atoms with Crippen LogP contribution in [-0.4, -0.2) is 28.0 Å². The summed E-state index contributed by atoms with van der Waals surface area (Å²) in [5.41, 5.74) is 0.454. The van der Waals surface area contributed by atoms with Crippen molar-refractivity contribution in [1.82, 2.24) is 4.57 Å². The molecule has 3 rings (SSSR count). The van der Waals surface area contributed by atoms with Crippen LogP contribution in [0.5, 0.6) is 0 Å². The average molecular weight is 391 g/mol. The number of nitro groups is 1. The van der Waals surface area contributed by atoms with E-state index < -0.39 is 28.9 Å². The van der Waals surface area contributed by atoms with Crippen molar-refractivity contribution in [2.24, 2.45) is 0 Å². The molecule has 27 heavy (non-hydrogen) atoms. The lowest BCUT2D eigenvalue weighted by Crippen LogP contribution is -2.27.